The van der Waals surface area contributed by atoms with Crippen molar-refractivity contribution < 1.29 is 8.42 Å². The predicted octanol–water partition coefficient (Wildman–Crippen LogP) is 3.29. The molecule has 0 atom stereocenters. The summed E-state index contributed by atoms with van der Waals surface area (Å²) in [7, 11) is -3.47. The Morgan fingerprint density at radius 1 is 0.867 bits per heavy atom. The van der Waals surface area contributed by atoms with Crippen molar-refractivity contribution in [1.29, 1.82) is 0 Å². The van der Waals surface area contributed by atoms with Gasteiger partial charge in [-0.3, -0.25) is 0 Å². The first kappa shape index (κ1) is 20.3. The fraction of sp³-hybridized carbons (Fsp3) is 0.273. The van der Waals surface area contributed by atoms with Crippen LogP contribution in [0.2, 0.25) is 0 Å². The normalized spacial score (nSPS) is 15.2. The number of anilines is 3. The first-order valence-corrected chi connectivity index (χ1v) is 11.5. The van der Waals surface area contributed by atoms with Crippen LogP contribution in [0.3, 0.4) is 0 Å². The molecule has 0 radical (unpaired) electrons. The fourth-order valence-electron chi connectivity index (χ4n) is 3.43. The van der Waals surface area contributed by atoms with Crippen LogP contribution in [0.25, 0.3) is 0 Å². The van der Waals surface area contributed by atoms with Gasteiger partial charge < -0.3 is 10.2 Å². The van der Waals surface area contributed by atoms with E-state index in [0.29, 0.717) is 36.9 Å². The molecule has 156 valence electrons. The summed E-state index contributed by atoms with van der Waals surface area (Å²) < 4.78 is 27.4. The summed E-state index contributed by atoms with van der Waals surface area (Å²) in [6.07, 6.45) is 0.889. The lowest BCUT2D eigenvalue weighted by atomic mass is 10.2. The summed E-state index contributed by atoms with van der Waals surface area (Å²) in [4.78, 5) is 2.41. The molecule has 0 aliphatic carbocycles. The standard InChI is InChI=1S/C22H25N5O2S/c1-2-18-8-10-20(11-9-18)30(28,29)27-16-14-26(15-17-27)22-13-12-21(24-25-22)23-19-6-4-3-5-7-19/h3-13H,2,14-17H2,1H3,(H,23,24). The monoisotopic (exact) mass is 423 g/mol. The Morgan fingerprint density at radius 3 is 2.17 bits per heavy atom. The molecule has 8 heteroatoms. The van der Waals surface area contributed by atoms with Gasteiger partial charge in [0.2, 0.25) is 10.0 Å². The third-order valence-corrected chi connectivity index (χ3v) is 7.14. The van der Waals surface area contributed by atoms with Gasteiger partial charge in [-0.2, -0.15) is 4.31 Å². The molecule has 1 aliphatic rings. The molecule has 0 spiro atoms. The zero-order valence-corrected chi connectivity index (χ0v) is 17.7. The van der Waals surface area contributed by atoms with Crippen LogP contribution in [0.1, 0.15) is 12.5 Å². The van der Waals surface area contributed by atoms with Gasteiger partial charge in [0, 0.05) is 31.9 Å². The highest BCUT2D eigenvalue weighted by molar-refractivity contribution is 7.89. The quantitative estimate of drug-likeness (QED) is 0.656. The van der Waals surface area contributed by atoms with E-state index in [1.807, 2.05) is 54.6 Å². The molecule has 0 amide bonds. The van der Waals surface area contributed by atoms with E-state index in [1.54, 1.807) is 16.4 Å². The molecule has 30 heavy (non-hydrogen) atoms. The third-order valence-electron chi connectivity index (χ3n) is 5.23. The number of para-hydroxylation sites is 1. The highest BCUT2D eigenvalue weighted by Crippen LogP contribution is 2.21. The van der Waals surface area contributed by atoms with Crippen LogP contribution in [0.4, 0.5) is 17.3 Å². The van der Waals surface area contributed by atoms with Crippen LogP contribution in [-0.2, 0) is 16.4 Å². The minimum atomic E-state index is -3.47. The van der Waals surface area contributed by atoms with Crippen molar-refractivity contribution in [2.24, 2.45) is 0 Å². The van der Waals surface area contributed by atoms with Gasteiger partial charge in [-0.05, 0) is 48.4 Å². The Hall–Kier alpha value is -2.97. The van der Waals surface area contributed by atoms with Crippen LogP contribution >= 0.6 is 0 Å². The minimum absolute atomic E-state index is 0.351. The molecule has 1 N–H and O–H groups in total. The Balaban J connectivity index is 1.38. The van der Waals surface area contributed by atoms with E-state index in [2.05, 4.69) is 27.3 Å². The summed E-state index contributed by atoms with van der Waals surface area (Å²) in [5.74, 6) is 1.42. The second-order valence-electron chi connectivity index (χ2n) is 7.16. The molecule has 0 bridgehead atoms. The molecule has 4 rings (SSSR count). The number of hydrogen-bond donors (Lipinski definition) is 1. The molecule has 2 aromatic carbocycles. The number of benzene rings is 2. The van der Waals surface area contributed by atoms with Crippen molar-refractivity contribution in [1.82, 2.24) is 14.5 Å². The molecule has 7 nitrogen and oxygen atoms in total. The van der Waals surface area contributed by atoms with E-state index in [9.17, 15) is 8.42 Å². The van der Waals surface area contributed by atoms with E-state index in [1.165, 1.54) is 0 Å². The number of aryl methyl sites for hydroxylation is 1. The molecule has 1 aromatic heterocycles. The number of sulfonamides is 1. The van der Waals surface area contributed by atoms with E-state index in [0.717, 1.165) is 23.5 Å². The van der Waals surface area contributed by atoms with Crippen LogP contribution in [0, 0.1) is 0 Å². The topological polar surface area (TPSA) is 78.4 Å². The number of nitrogens with one attached hydrogen (secondary N) is 1. The third kappa shape index (κ3) is 4.44. The molecule has 1 fully saturated rings. The average molecular weight is 424 g/mol. The van der Waals surface area contributed by atoms with Gasteiger partial charge in [0.15, 0.2) is 11.6 Å². The van der Waals surface area contributed by atoms with Crippen molar-refractivity contribution in [3.05, 3.63) is 72.3 Å². The second kappa shape index (κ2) is 8.81. The summed E-state index contributed by atoms with van der Waals surface area (Å²) in [5.41, 5.74) is 2.08. The molecular formula is C22H25N5O2S. The molecule has 1 aliphatic heterocycles. The SMILES string of the molecule is CCc1ccc(S(=O)(=O)N2CCN(c3ccc(Nc4ccccc4)nn3)CC2)cc1. The molecule has 3 aromatic rings. The Labute approximate surface area is 177 Å². The van der Waals surface area contributed by atoms with Crippen LogP contribution < -0.4 is 10.2 Å². The number of aromatic nitrogens is 2. The molecule has 0 saturated carbocycles. The fourth-order valence-corrected chi connectivity index (χ4v) is 4.86. The van der Waals surface area contributed by atoms with Crippen LogP contribution in [0.15, 0.2) is 71.6 Å². The van der Waals surface area contributed by atoms with E-state index in [4.69, 9.17) is 0 Å². The second-order valence-corrected chi connectivity index (χ2v) is 9.09. The molecule has 1 saturated heterocycles. The molecule has 2 heterocycles. The van der Waals surface area contributed by atoms with Gasteiger partial charge in [-0.15, -0.1) is 10.2 Å². The highest BCUT2D eigenvalue weighted by Gasteiger charge is 2.29. The highest BCUT2D eigenvalue weighted by atomic mass is 32.2. The number of rotatable bonds is 6. The van der Waals surface area contributed by atoms with Crippen molar-refractivity contribution in [2.75, 3.05) is 36.4 Å². The first-order chi connectivity index (χ1) is 14.6. The van der Waals surface area contributed by atoms with Crippen molar-refractivity contribution in [3.63, 3.8) is 0 Å². The van der Waals surface area contributed by atoms with Crippen molar-refractivity contribution >= 4 is 27.3 Å². The van der Waals surface area contributed by atoms with E-state index < -0.39 is 10.0 Å². The summed E-state index contributed by atoms with van der Waals surface area (Å²) >= 11 is 0. The number of hydrogen-bond acceptors (Lipinski definition) is 6. The van der Waals surface area contributed by atoms with Crippen LogP contribution in [0.5, 0.6) is 0 Å². The lowest BCUT2D eigenvalue weighted by molar-refractivity contribution is 0.383. The summed E-state index contributed by atoms with van der Waals surface area (Å²) in [6, 6.07) is 20.7. The van der Waals surface area contributed by atoms with Gasteiger partial charge in [-0.1, -0.05) is 37.3 Å². The molecular weight excluding hydrogens is 398 g/mol. The van der Waals surface area contributed by atoms with Gasteiger partial charge in [0.05, 0.1) is 4.90 Å². The zero-order valence-electron chi connectivity index (χ0n) is 16.9. The maximum atomic E-state index is 12.9. The smallest absolute Gasteiger partial charge is 0.243 e. The Bertz CT molecular complexity index is 1060. The maximum Gasteiger partial charge on any atom is 0.243 e. The minimum Gasteiger partial charge on any atom is -0.352 e. The lowest BCUT2D eigenvalue weighted by Crippen LogP contribution is -2.49. The van der Waals surface area contributed by atoms with Gasteiger partial charge >= 0.3 is 0 Å². The first-order valence-electron chi connectivity index (χ1n) is 10.1. The largest absolute Gasteiger partial charge is 0.352 e. The summed E-state index contributed by atoms with van der Waals surface area (Å²) in [6.45, 7) is 4.04. The Kier molecular flexibility index (Phi) is 5.96. The van der Waals surface area contributed by atoms with Gasteiger partial charge in [0.25, 0.3) is 0 Å². The zero-order chi connectivity index (χ0) is 21.0. The van der Waals surface area contributed by atoms with Gasteiger partial charge in [-0.25, -0.2) is 8.42 Å². The maximum absolute atomic E-state index is 12.9. The van der Waals surface area contributed by atoms with Crippen molar-refractivity contribution in [3.8, 4) is 0 Å². The van der Waals surface area contributed by atoms with Crippen LogP contribution in [-0.4, -0.2) is 49.1 Å². The van der Waals surface area contributed by atoms with E-state index in [-0.39, 0.29) is 0 Å². The number of nitrogens with zero attached hydrogens (tertiary/aromatic N) is 4. The average Bonchev–Trinajstić information content (AvgIpc) is 2.80. The lowest BCUT2D eigenvalue weighted by Gasteiger charge is -2.34. The van der Waals surface area contributed by atoms with Gasteiger partial charge in [0.1, 0.15) is 0 Å². The predicted molar refractivity (Wildman–Crippen MR) is 119 cm³/mol. The summed E-state index contributed by atoms with van der Waals surface area (Å²) in [5, 5.41) is 11.8. The molecule has 0 unspecified atom stereocenters. The van der Waals surface area contributed by atoms with E-state index >= 15 is 0 Å². The Morgan fingerprint density at radius 2 is 1.57 bits per heavy atom. The van der Waals surface area contributed by atoms with Crippen molar-refractivity contribution in [2.45, 2.75) is 18.2 Å². The number of piperazine rings is 1.